The summed E-state index contributed by atoms with van der Waals surface area (Å²) in [5, 5.41) is 0.763. The second-order valence-electron chi connectivity index (χ2n) is 6.46. The molecule has 2 heterocycles. The number of nitrogens with zero attached hydrogens (tertiary/aromatic N) is 1. The van der Waals surface area contributed by atoms with E-state index >= 15 is 0 Å². The Balaban J connectivity index is 1.74. The van der Waals surface area contributed by atoms with Crippen molar-refractivity contribution in [2.75, 3.05) is 6.61 Å². The number of aromatic nitrogens is 2. The van der Waals surface area contributed by atoms with E-state index in [1.807, 2.05) is 0 Å². The third-order valence-corrected chi connectivity index (χ3v) is 5.93. The van der Waals surface area contributed by atoms with Crippen molar-refractivity contribution in [3.05, 3.63) is 50.6 Å². The minimum Gasteiger partial charge on any atom is -0.462 e. The Kier molecular flexibility index (Phi) is 4.59. The fourth-order valence-corrected chi connectivity index (χ4v) is 4.72. The number of rotatable bonds is 3. The average Bonchev–Trinajstić information content (AvgIpc) is 2.84. The molecule has 6 heteroatoms. The Labute approximate surface area is 155 Å². The molecular weight excluding hydrogens is 348 g/mol. The second kappa shape index (κ2) is 7.03. The maximum absolute atomic E-state index is 12.7. The van der Waals surface area contributed by atoms with E-state index in [0.717, 1.165) is 35.0 Å². The van der Waals surface area contributed by atoms with Crippen molar-refractivity contribution in [2.45, 2.75) is 39.0 Å². The predicted octanol–water partition coefficient (Wildman–Crippen LogP) is 4.10. The number of nitrogens with one attached hydrogen (secondary N) is 1. The molecule has 3 aromatic rings. The number of H-pyrrole nitrogens is 1. The van der Waals surface area contributed by atoms with Gasteiger partial charge in [-0.3, -0.25) is 4.79 Å². The summed E-state index contributed by atoms with van der Waals surface area (Å²) in [5.41, 5.74) is 2.39. The van der Waals surface area contributed by atoms with Crippen molar-refractivity contribution < 1.29 is 9.53 Å². The van der Waals surface area contributed by atoms with Crippen LogP contribution in [0.1, 0.15) is 47.0 Å². The maximum atomic E-state index is 12.7. The molecule has 2 aromatic heterocycles. The van der Waals surface area contributed by atoms with Gasteiger partial charge < -0.3 is 9.72 Å². The maximum Gasteiger partial charge on any atom is 0.338 e. The van der Waals surface area contributed by atoms with E-state index in [1.165, 1.54) is 23.3 Å². The number of carbonyl (C=O) groups is 1. The highest BCUT2D eigenvalue weighted by molar-refractivity contribution is 7.18. The third kappa shape index (κ3) is 3.05. The molecule has 0 saturated carbocycles. The Morgan fingerprint density at radius 2 is 1.96 bits per heavy atom. The fraction of sp³-hybridized carbons (Fsp3) is 0.350. The Hall–Kier alpha value is -2.47. The molecule has 0 saturated heterocycles. The van der Waals surface area contributed by atoms with Gasteiger partial charge in [0.15, 0.2) is 0 Å². The van der Waals surface area contributed by atoms with Crippen LogP contribution in [-0.2, 0) is 17.6 Å². The van der Waals surface area contributed by atoms with Crippen LogP contribution in [0.2, 0.25) is 0 Å². The molecule has 1 N–H and O–H groups in total. The lowest BCUT2D eigenvalue weighted by Gasteiger charge is -2.04. The predicted molar refractivity (Wildman–Crippen MR) is 103 cm³/mol. The lowest BCUT2D eigenvalue weighted by Crippen LogP contribution is -2.10. The molecule has 0 amide bonds. The summed E-state index contributed by atoms with van der Waals surface area (Å²) in [6, 6.07) is 6.96. The zero-order valence-electron chi connectivity index (χ0n) is 14.6. The second-order valence-corrected chi connectivity index (χ2v) is 7.54. The molecule has 1 aliphatic carbocycles. The van der Waals surface area contributed by atoms with Crippen molar-refractivity contribution in [2.24, 2.45) is 0 Å². The molecule has 0 spiro atoms. The van der Waals surface area contributed by atoms with Gasteiger partial charge in [0.05, 0.1) is 17.6 Å². The SMILES string of the molecule is CCOC(=O)c1ccc(-c2nc3sc4c(c3c(=O)[nH]2)CCCCC4)cc1. The van der Waals surface area contributed by atoms with Crippen LogP contribution in [0.3, 0.4) is 0 Å². The van der Waals surface area contributed by atoms with Crippen LogP contribution < -0.4 is 5.56 Å². The van der Waals surface area contributed by atoms with Crippen molar-refractivity contribution in [1.29, 1.82) is 0 Å². The minimum absolute atomic E-state index is 0.0705. The lowest BCUT2D eigenvalue weighted by atomic mass is 10.1. The normalized spacial score (nSPS) is 14.0. The minimum atomic E-state index is -0.349. The van der Waals surface area contributed by atoms with Crippen molar-refractivity contribution in [3.63, 3.8) is 0 Å². The smallest absolute Gasteiger partial charge is 0.338 e. The summed E-state index contributed by atoms with van der Waals surface area (Å²) in [4.78, 5) is 34.2. The molecule has 26 heavy (non-hydrogen) atoms. The zero-order valence-corrected chi connectivity index (χ0v) is 15.4. The molecule has 1 aliphatic rings. The molecule has 0 atom stereocenters. The number of thiophene rings is 1. The highest BCUT2D eigenvalue weighted by atomic mass is 32.1. The van der Waals surface area contributed by atoms with Gasteiger partial charge in [0, 0.05) is 10.4 Å². The van der Waals surface area contributed by atoms with E-state index in [4.69, 9.17) is 9.72 Å². The molecule has 0 aliphatic heterocycles. The van der Waals surface area contributed by atoms with E-state index in [0.29, 0.717) is 18.0 Å². The summed E-state index contributed by atoms with van der Waals surface area (Å²) in [7, 11) is 0. The summed E-state index contributed by atoms with van der Waals surface area (Å²) in [5.74, 6) is 0.187. The Morgan fingerprint density at radius 3 is 2.73 bits per heavy atom. The van der Waals surface area contributed by atoms with Gasteiger partial charge in [-0.15, -0.1) is 11.3 Å². The number of hydrogen-bond acceptors (Lipinski definition) is 5. The molecule has 134 valence electrons. The Morgan fingerprint density at radius 1 is 1.19 bits per heavy atom. The van der Waals surface area contributed by atoms with Gasteiger partial charge in [0.25, 0.3) is 5.56 Å². The van der Waals surface area contributed by atoms with Gasteiger partial charge in [-0.05, 0) is 50.3 Å². The first-order valence-corrected chi connectivity index (χ1v) is 9.81. The monoisotopic (exact) mass is 368 g/mol. The molecular formula is C20H20N2O3S. The summed E-state index contributed by atoms with van der Waals surface area (Å²) < 4.78 is 5.00. The largest absolute Gasteiger partial charge is 0.462 e. The van der Waals surface area contributed by atoms with Crippen LogP contribution in [0.4, 0.5) is 0 Å². The van der Waals surface area contributed by atoms with Crippen LogP contribution in [0.25, 0.3) is 21.6 Å². The molecule has 0 radical (unpaired) electrons. The topological polar surface area (TPSA) is 72.0 Å². The molecule has 1 aromatic carbocycles. The molecule has 5 nitrogen and oxygen atoms in total. The van der Waals surface area contributed by atoms with Gasteiger partial charge in [0.2, 0.25) is 0 Å². The number of carbonyl (C=O) groups excluding carboxylic acids is 1. The van der Waals surface area contributed by atoms with Crippen LogP contribution >= 0.6 is 11.3 Å². The molecule has 0 fully saturated rings. The van der Waals surface area contributed by atoms with E-state index in [2.05, 4.69) is 4.98 Å². The molecule has 0 unspecified atom stereocenters. The lowest BCUT2D eigenvalue weighted by molar-refractivity contribution is 0.0526. The summed E-state index contributed by atoms with van der Waals surface area (Å²) >= 11 is 1.65. The van der Waals surface area contributed by atoms with Crippen molar-refractivity contribution in [1.82, 2.24) is 9.97 Å². The number of aryl methyl sites for hydroxylation is 2. The van der Waals surface area contributed by atoms with Gasteiger partial charge in [-0.1, -0.05) is 18.6 Å². The fourth-order valence-electron chi connectivity index (χ4n) is 3.46. The standard InChI is InChI=1S/C20H20N2O3S/c1-2-25-20(24)13-10-8-12(9-11-13)17-21-18(23)16-14-6-4-3-5-7-15(14)26-19(16)22-17/h8-11H,2-7H2,1H3,(H,21,22,23). The number of ether oxygens (including phenoxy) is 1. The number of esters is 1. The average molecular weight is 368 g/mol. The summed E-state index contributed by atoms with van der Waals surface area (Å²) in [6.07, 6.45) is 5.54. The summed E-state index contributed by atoms with van der Waals surface area (Å²) in [6.45, 7) is 2.12. The number of benzene rings is 1. The van der Waals surface area contributed by atoms with Crippen molar-refractivity contribution >= 4 is 27.5 Å². The zero-order chi connectivity index (χ0) is 18.1. The highest BCUT2D eigenvalue weighted by Gasteiger charge is 2.19. The van der Waals surface area contributed by atoms with Gasteiger partial charge in [-0.25, -0.2) is 9.78 Å². The van der Waals surface area contributed by atoms with Crippen LogP contribution in [0, 0.1) is 0 Å². The number of aromatic amines is 1. The Bertz CT molecular complexity index is 1020. The van der Waals surface area contributed by atoms with Crippen LogP contribution in [0.15, 0.2) is 29.1 Å². The van der Waals surface area contributed by atoms with E-state index in [1.54, 1.807) is 42.5 Å². The first kappa shape index (κ1) is 17.0. The third-order valence-electron chi connectivity index (χ3n) is 4.74. The van der Waals surface area contributed by atoms with Gasteiger partial charge in [-0.2, -0.15) is 0 Å². The molecule has 4 rings (SSSR count). The quantitative estimate of drug-likeness (QED) is 0.558. The molecule has 0 bridgehead atoms. The van der Waals surface area contributed by atoms with Crippen LogP contribution in [-0.4, -0.2) is 22.5 Å². The number of hydrogen-bond donors (Lipinski definition) is 1. The first-order valence-electron chi connectivity index (χ1n) is 8.99. The number of fused-ring (bicyclic) bond motifs is 3. The van der Waals surface area contributed by atoms with E-state index < -0.39 is 0 Å². The highest BCUT2D eigenvalue weighted by Crippen LogP contribution is 2.33. The van der Waals surface area contributed by atoms with Gasteiger partial charge >= 0.3 is 5.97 Å². The first-order chi connectivity index (χ1) is 12.7. The van der Waals surface area contributed by atoms with E-state index in [9.17, 15) is 9.59 Å². The van der Waals surface area contributed by atoms with E-state index in [-0.39, 0.29) is 11.5 Å². The van der Waals surface area contributed by atoms with Crippen molar-refractivity contribution in [3.8, 4) is 11.4 Å². The van der Waals surface area contributed by atoms with Gasteiger partial charge in [0.1, 0.15) is 10.7 Å². The van der Waals surface area contributed by atoms with Crippen LogP contribution in [0.5, 0.6) is 0 Å².